The van der Waals surface area contributed by atoms with Crippen LogP contribution in [0.5, 0.6) is 5.75 Å². The third-order valence-corrected chi connectivity index (χ3v) is 8.83. The van der Waals surface area contributed by atoms with Crippen LogP contribution in [0.25, 0.3) is 0 Å². The van der Waals surface area contributed by atoms with Crippen LogP contribution < -0.4 is 4.74 Å². The number of hydrogen-bond donors (Lipinski definition) is 0. The minimum absolute atomic E-state index is 0.0374. The summed E-state index contributed by atoms with van der Waals surface area (Å²) in [6.07, 6.45) is 4.20. The highest BCUT2D eigenvalue weighted by Gasteiger charge is 2.48. The van der Waals surface area contributed by atoms with E-state index in [2.05, 4.69) is 57.2 Å². The molecule has 5 rings (SSSR count). The molecular weight excluding hydrogens is 484 g/mol. The molecule has 4 heteroatoms. The lowest BCUT2D eigenvalue weighted by molar-refractivity contribution is -0.158. The third-order valence-electron chi connectivity index (χ3n) is 8.83. The number of esters is 1. The van der Waals surface area contributed by atoms with Gasteiger partial charge in [-0.25, -0.2) is 0 Å². The van der Waals surface area contributed by atoms with Gasteiger partial charge < -0.3 is 14.2 Å². The van der Waals surface area contributed by atoms with E-state index < -0.39 is 5.60 Å². The predicted molar refractivity (Wildman–Crippen MR) is 155 cm³/mol. The molecule has 0 heterocycles. The fourth-order valence-corrected chi connectivity index (χ4v) is 6.36. The van der Waals surface area contributed by atoms with E-state index in [1.807, 2.05) is 48.5 Å². The van der Waals surface area contributed by atoms with Crippen LogP contribution in [0.2, 0.25) is 0 Å². The standard InChI is InChI=1S/C35H42O4/c1-24(2)31-20-15-25(3)21-33(31)39-34(36)32-22-26(32)23-38-35(27-11-7-5-8-12-27,28-13-9-6-10-14-28)29-16-18-30(37-4)19-17-29/h5-14,16-19,24-26,31-33H,15,20-23H2,1-4H3. The van der Waals surface area contributed by atoms with Crippen molar-refractivity contribution in [1.29, 1.82) is 0 Å². The Morgan fingerprint density at radius 3 is 2.00 bits per heavy atom. The lowest BCUT2D eigenvalue weighted by atomic mass is 9.75. The Kier molecular flexibility index (Phi) is 8.42. The number of ether oxygens (including phenoxy) is 3. The Labute approximate surface area is 233 Å². The number of methoxy groups -OCH3 is 1. The minimum Gasteiger partial charge on any atom is -0.497 e. The first kappa shape index (κ1) is 27.5. The van der Waals surface area contributed by atoms with E-state index >= 15 is 0 Å². The molecule has 5 atom stereocenters. The largest absolute Gasteiger partial charge is 0.497 e. The molecule has 2 fully saturated rings. The summed E-state index contributed by atoms with van der Waals surface area (Å²) in [7, 11) is 1.68. The Hall–Kier alpha value is -3.11. The molecular formula is C35H42O4. The van der Waals surface area contributed by atoms with Crippen molar-refractivity contribution in [2.45, 2.75) is 58.2 Å². The molecule has 4 nitrogen and oxygen atoms in total. The number of hydrogen-bond acceptors (Lipinski definition) is 4. The second-order valence-corrected chi connectivity index (χ2v) is 11.9. The van der Waals surface area contributed by atoms with Crippen molar-refractivity contribution in [1.82, 2.24) is 0 Å². The van der Waals surface area contributed by atoms with Gasteiger partial charge in [0.2, 0.25) is 0 Å². The topological polar surface area (TPSA) is 44.8 Å². The minimum atomic E-state index is -0.812. The highest BCUT2D eigenvalue weighted by Crippen LogP contribution is 2.46. The molecule has 3 aromatic carbocycles. The summed E-state index contributed by atoms with van der Waals surface area (Å²) in [5.41, 5.74) is 2.32. The van der Waals surface area contributed by atoms with Gasteiger partial charge in [-0.1, -0.05) is 100.0 Å². The fourth-order valence-electron chi connectivity index (χ4n) is 6.36. The second kappa shape index (κ2) is 12.0. The van der Waals surface area contributed by atoms with Gasteiger partial charge in [0.05, 0.1) is 19.6 Å². The van der Waals surface area contributed by atoms with Crippen LogP contribution in [0.3, 0.4) is 0 Å². The van der Waals surface area contributed by atoms with Gasteiger partial charge in [-0.05, 0) is 71.8 Å². The molecule has 0 bridgehead atoms. The van der Waals surface area contributed by atoms with Crippen LogP contribution in [-0.2, 0) is 19.9 Å². The summed E-state index contributed by atoms with van der Waals surface area (Å²) < 4.78 is 18.6. The van der Waals surface area contributed by atoms with Gasteiger partial charge in [-0.3, -0.25) is 4.79 Å². The number of benzene rings is 3. The zero-order chi connectivity index (χ0) is 27.4. The summed E-state index contributed by atoms with van der Waals surface area (Å²) in [6, 6.07) is 28.8. The molecule has 0 amide bonds. The molecule has 0 N–H and O–H groups in total. The Bertz CT molecular complexity index is 1160. The summed E-state index contributed by atoms with van der Waals surface area (Å²) in [5, 5.41) is 0. The summed E-state index contributed by atoms with van der Waals surface area (Å²) in [5.74, 6) is 2.42. The van der Waals surface area contributed by atoms with Crippen molar-refractivity contribution in [2.24, 2.45) is 29.6 Å². The first-order valence-corrected chi connectivity index (χ1v) is 14.5. The van der Waals surface area contributed by atoms with Gasteiger partial charge in [-0.15, -0.1) is 0 Å². The fraction of sp³-hybridized carbons (Fsp3) is 0.457. The van der Waals surface area contributed by atoms with E-state index in [0.29, 0.717) is 24.4 Å². The van der Waals surface area contributed by atoms with Crippen LogP contribution in [0.1, 0.15) is 63.1 Å². The third kappa shape index (κ3) is 5.91. The average molecular weight is 527 g/mol. The number of carbonyl (C=O) groups excluding carboxylic acids is 1. The van der Waals surface area contributed by atoms with Gasteiger partial charge in [0.1, 0.15) is 17.5 Å². The zero-order valence-corrected chi connectivity index (χ0v) is 23.7. The summed E-state index contributed by atoms with van der Waals surface area (Å²) >= 11 is 0. The molecule has 2 saturated carbocycles. The number of rotatable bonds is 10. The zero-order valence-electron chi connectivity index (χ0n) is 23.7. The van der Waals surface area contributed by atoms with E-state index in [9.17, 15) is 4.79 Å². The van der Waals surface area contributed by atoms with E-state index in [-0.39, 0.29) is 23.9 Å². The lowest BCUT2D eigenvalue weighted by Crippen LogP contribution is -2.36. The quantitative estimate of drug-likeness (QED) is 0.201. The van der Waals surface area contributed by atoms with Crippen molar-refractivity contribution < 1.29 is 19.0 Å². The summed E-state index contributed by atoms with van der Waals surface area (Å²) in [6.45, 7) is 7.25. The van der Waals surface area contributed by atoms with Gasteiger partial charge in [0.25, 0.3) is 0 Å². The van der Waals surface area contributed by atoms with Crippen LogP contribution in [0, 0.1) is 29.6 Å². The van der Waals surface area contributed by atoms with E-state index in [1.54, 1.807) is 7.11 Å². The highest BCUT2D eigenvalue weighted by molar-refractivity contribution is 5.76. The lowest BCUT2D eigenvalue weighted by Gasteiger charge is -2.37. The molecule has 0 saturated heterocycles. The van der Waals surface area contributed by atoms with E-state index in [4.69, 9.17) is 14.2 Å². The molecule has 206 valence electrons. The van der Waals surface area contributed by atoms with Crippen molar-refractivity contribution in [3.63, 3.8) is 0 Å². The van der Waals surface area contributed by atoms with Crippen LogP contribution in [0.15, 0.2) is 84.9 Å². The first-order valence-electron chi connectivity index (χ1n) is 14.5. The Morgan fingerprint density at radius 2 is 1.44 bits per heavy atom. The van der Waals surface area contributed by atoms with Gasteiger partial charge in [0.15, 0.2) is 0 Å². The summed E-state index contributed by atoms with van der Waals surface area (Å²) in [4.78, 5) is 13.3. The smallest absolute Gasteiger partial charge is 0.309 e. The van der Waals surface area contributed by atoms with Gasteiger partial charge >= 0.3 is 5.97 Å². The number of carbonyl (C=O) groups is 1. The SMILES string of the molecule is COc1ccc(C(OCC2CC2C(=O)OC2CC(C)CCC2C(C)C)(c2ccccc2)c2ccccc2)cc1. The average Bonchev–Trinajstić information content (AvgIpc) is 3.75. The van der Waals surface area contributed by atoms with Crippen molar-refractivity contribution in [3.8, 4) is 5.75 Å². The molecule has 0 spiro atoms. The second-order valence-electron chi connectivity index (χ2n) is 11.9. The Balaban J connectivity index is 1.37. The molecule has 39 heavy (non-hydrogen) atoms. The normalized spacial score (nSPS) is 24.8. The van der Waals surface area contributed by atoms with E-state index in [0.717, 1.165) is 41.7 Å². The van der Waals surface area contributed by atoms with Crippen LogP contribution in [-0.4, -0.2) is 25.8 Å². The monoisotopic (exact) mass is 526 g/mol. The van der Waals surface area contributed by atoms with E-state index in [1.165, 1.54) is 6.42 Å². The highest BCUT2D eigenvalue weighted by atomic mass is 16.5. The van der Waals surface area contributed by atoms with Crippen LogP contribution >= 0.6 is 0 Å². The van der Waals surface area contributed by atoms with Gasteiger partial charge in [-0.2, -0.15) is 0 Å². The van der Waals surface area contributed by atoms with Crippen molar-refractivity contribution in [3.05, 3.63) is 102 Å². The predicted octanol–water partition coefficient (Wildman–Crippen LogP) is 7.64. The molecule has 0 radical (unpaired) electrons. The van der Waals surface area contributed by atoms with Crippen LogP contribution in [0.4, 0.5) is 0 Å². The molecule has 2 aliphatic carbocycles. The molecule has 5 unspecified atom stereocenters. The van der Waals surface area contributed by atoms with Crippen molar-refractivity contribution in [2.75, 3.05) is 13.7 Å². The van der Waals surface area contributed by atoms with Crippen molar-refractivity contribution >= 4 is 5.97 Å². The van der Waals surface area contributed by atoms with Gasteiger partial charge in [0, 0.05) is 0 Å². The maximum absolute atomic E-state index is 13.3. The Morgan fingerprint density at radius 1 is 0.846 bits per heavy atom. The molecule has 3 aromatic rings. The maximum atomic E-state index is 13.3. The maximum Gasteiger partial charge on any atom is 0.309 e. The first-order chi connectivity index (χ1) is 18.9. The molecule has 0 aliphatic heterocycles. The molecule has 0 aromatic heterocycles. The molecule has 2 aliphatic rings.